The predicted molar refractivity (Wildman–Crippen MR) is 117 cm³/mol. The van der Waals surface area contributed by atoms with Crippen molar-refractivity contribution in [2.24, 2.45) is 0 Å². The molecule has 2 N–H and O–H groups in total. The number of H-pyrrole nitrogens is 1. The van der Waals surface area contributed by atoms with E-state index in [-0.39, 0.29) is 11.8 Å². The van der Waals surface area contributed by atoms with Crippen LogP contribution in [0.1, 0.15) is 39.1 Å². The van der Waals surface area contributed by atoms with Gasteiger partial charge in [0.1, 0.15) is 0 Å². The molecule has 0 atom stereocenters. The van der Waals surface area contributed by atoms with Gasteiger partial charge in [-0.2, -0.15) is 0 Å². The Bertz CT molecular complexity index is 1270. The van der Waals surface area contributed by atoms with Crippen molar-refractivity contribution in [3.05, 3.63) is 92.0 Å². The number of aromatic amines is 1. The summed E-state index contributed by atoms with van der Waals surface area (Å²) in [6, 6.07) is 13.9. The number of aromatic nitrogens is 2. The molecule has 2 heterocycles. The maximum absolute atomic E-state index is 12.9. The van der Waals surface area contributed by atoms with E-state index >= 15 is 0 Å². The number of nitrogens with one attached hydrogen (secondary N) is 2. The third-order valence-corrected chi connectivity index (χ3v) is 5.39. The van der Waals surface area contributed by atoms with Crippen LogP contribution >= 0.6 is 0 Å². The number of hydrogen-bond donors (Lipinski definition) is 2. The van der Waals surface area contributed by atoms with Crippen LogP contribution in [0.5, 0.6) is 0 Å². The van der Waals surface area contributed by atoms with Crippen LogP contribution in [0.4, 0.5) is 5.69 Å². The molecule has 4 rings (SSSR count). The molecule has 1 aliphatic rings. The van der Waals surface area contributed by atoms with Gasteiger partial charge in [-0.15, -0.1) is 0 Å². The predicted octanol–water partition coefficient (Wildman–Crippen LogP) is 2.32. The van der Waals surface area contributed by atoms with E-state index in [1.807, 2.05) is 11.8 Å². The van der Waals surface area contributed by atoms with Gasteiger partial charge < -0.3 is 10.2 Å². The maximum atomic E-state index is 12.9. The Morgan fingerprint density at radius 3 is 2.48 bits per heavy atom. The summed E-state index contributed by atoms with van der Waals surface area (Å²) in [5.74, 6) is -0.414. The summed E-state index contributed by atoms with van der Waals surface area (Å²) in [7, 11) is 0. The molecule has 0 bridgehead atoms. The molecule has 158 valence electrons. The molecule has 8 nitrogen and oxygen atoms in total. The van der Waals surface area contributed by atoms with Crippen LogP contribution in [0.25, 0.3) is 5.69 Å². The fourth-order valence-corrected chi connectivity index (χ4v) is 3.69. The van der Waals surface area contributed by atoms with Crippen molar-refractivity contribution in [3.8, 4) is 5.69 Å². The van der Waals surface area contributed by atoms with E-state index < -0.39 is 11.1 Å². The first-order valence-electron chi connectivity index (χ1n) is 10.1. The van der Waals surface area contributed by atoms with Gasteiger partial charge in [-0.25, -0.2) is 4.68 Å². The molecule has 0 saturated carbocycles. The van der Waals surface area contributed by atoms with Crippen LogP contribution in [0.2, 0.25) is 0 Å². The number of likely N-dealkylation sites (tertiary alicyclic amines) is 1. The van der Waals surface area contributed by atoms with Gasteiger partial charge >= 0.3 is 0 Å². The fraction of sp³-hybridized carbons (Fsp3) is 0.217. The highest BCUT2D eigenvalue weighted by Gasteiger charge is 2.22. The van der Waals surface area contributed by atoms with E-state index in [9.17, 15) is 19.2 Å². The lowest BCUT2D eigenvalue weighted by Crippen LogP contribution is -2.28. The summed E-state index contributed by atoms with van der Waals surface area (Å²) in [6.45, 7) is 3.31. The number of benzene rings is 2. The van der Waals surface area contributed by atoms with Crippen LogP contribution in [-0.2, 0) is 0 Å². The van der Waals surface area contributed by atoms with Gasteiger partial charge in [0.25, 0.3) is 22.9 Å². The Labute approximate surface area is 178 Å². The molecule has 2 aromatic carbocycles. The standard InChI is InChI=1S/C23H22N4O4/c1-15-18(23(31)26-12-2-3-13-26)8-5-9-19(15)24-22(30)16-6-4-7-17(14-16)27-21(29)11-10-20(28)25-27/h4-11,14H,2-3,12-13H2,1H3,(H,24,30)(H,25,28). The molecule has 3 aromatic rings. The number of carbonyl (C=O) groups excluding carboxylic acids is 2. The highest BCUT2D eigenvalue weighted by molar-refractivity contribution is 6.06. The van der Waals surface area contributed by atoms with Gasteiger partial charge in [0.2, 0.25) is 0 Å². The third kappa shape index (κ3) is 4.18. The lowest BCUT2D eigenvalue weighted by atomic mass is 10.0. The second-order valence-electron chi connectivity index (χ2n) is 7.46. The first kappa shape index (κ1) is 20.3. The summed E-state index contributed by atoms with van der Waals surface area (Å²) >= 11 is 0. The van der Waals surface area contributed by atoms with E-state index in [0.29, 0.717) is 28.1 Å². The van der Waals surface area contributed by atoms with Crippen LogP contribution in [0, 0.1) is 6.92 Å². The molecule has 31 heavy (non-hydrogen) atoms. The molecule has 0 aliphatic carbocycles. The van der Waals surface area contributed by atoms with Crippen molar-refractivity contribution in [1.82, 2.24) is 14.7 Å². The Balaban J connectivity index is 1.60. The minimum Gasteiger partial charge on any atom is -0.339 e. The van der Waals surface area contributed by atoms with E-state index in [1.54, 1.807) is 36.4 Å². The van der Waals surface area contributed by atoms with E-state index in [4.69, 9.17) is 0 Å². The average molecular weight is 418 g/mol. The zero-order valence-corrected chi connectivity index (χ0v) is 17.1. The molecule has 2 amide bonds. The summed E-state index contributed by atoms with van der Waals surface area (Å²) in [6.07, 6.45) is 2.01. The van der Waals surface area contributed by atoms with Gasteiger partial charge in [0.15, 0.2) is 0 Å². The molecule has 1 aliphatic heterocycles. The lowest BCUT2D eigenvalue weighted by Gasteiger charge is -2.18. The monoisotopic (exact) mass is 418 g/mol. The van der Waals surface area contributed by atoms with E-state index in [0.717, 1.165) is 42.7 Å². The van der Waals surface area contributed by atoms with Gasteiger partial charge in [0.05, 0.1) is 5.69 Å². The largest absolute Gasteiger partial charge is 0.339 e. The molecule has 1 saturated heterocycles. The summed E-state index contributed by atoms with van der Waals surface area (Å²) < 4.78 is 1.08. The number of hydrogen-bond acceptors (Lipinski definition) is 4. The van der Waals surface area contributed by atoms with Crippen molar-refractivity contribution < 1.29 is 9.59 Å². The highest BCUT2D eigenvalue weighted by Crippen LogP contribution is 2.23. The van der Waals surface area contributed by atoms with Crippen molar-refractivity contribution in [2.75, 3.05) is 18.4 Å². The van der Waals surface area contributed by atoms with Crippen LogP contribution in [0.3, 0.4) is 0 Å². The molecule has 1 fully saturated rings. The Morgan fingerprint density at radius 2 is 1.71 bits per heavy atom. The number of anilines is 1. The number of rotatable bonds is 4. The van der Waals surface area contributed by atoms with Gasteiger partial charge in [-0.3, -0.25) is 24.3 Å². The zero-order chi connectivity index (χ0) is 22.0. The van der Waals surface area contributed by atoms with Crippen LogP contribution < -0.4 is 16.4 Å². The number of nitrogens with zero attached hydrogens (tertiary/aromatic N) is 2. The normalized spacial score (nSPS) is 13.3. The Kier molecular flexibility index (Phi) is 5.53. The summed E-state index contributed by atoms with van der Waals surface area (Å²) in [5, 5.41) is 5.29. The minimum absolute atomic E-state index is 0.0273. The van der Waals surface area contributed by atoms with Crippen LogP contribution in [-0.4, -0.2) is 39.6 Å². The minimum atomic E-state index is -0.426. The fourth-order valence-electron chi connectivity index (χ4n) is 3.69. The van der Waals surface area contributed by atoms with Crippen LogP contribution in [0.15, 0.2) is 64.2 Å². The Hall–Kier alpha value is -3.94. The van der Waals surface area contributed by atoms with Crippen molar-refractivity contribution in [2.45, 2.75) is 19.8 Å². The first-order valence-corrected chi connectivity index (χ1v) is 10.1. The van der Waals surface area contributed by atoms with E-state index in [1.165, 1.54) is 6.07 Å². The third-order valence-electron chi connectivity index (χ3n) is 5.39. The number of amides is 2. The van der Waals surface area contributed by atoms with Crippen molar-refractivity contribution in [3.63, 3.8) is 0 Å². The highest BCUT2D eigenvalue weighted by atomic mass is 16.2. The number of carbonyl (C=O) groups is 2. The molecule has 0 unspecified atom stereocenters. The van der Waals surface area contributed by atoms with Crippen molar-refractivity contribution >= 4 is 17.5 Å². The summed E-state index contributed by atoms with van der Waals surface area (Å²) in [5.41, 5.74) is 1.65. The van der Waals surface area contributed by atoms with Gasteiger partial charge in [-0.1, -0.05) is 12.1 Å². The quantitative estimate of drug-likeness (QED) is 0.678. The molecule has 1 aromatic heterocycles. The molecular weight excluding hydrogens is 396 g/mol. The SMILES string of the molecule is Cc1c(NC(=O)c2cccc(-n3[nH]c(=O)ccc3=O)c2)cccc1C(=O)N1CCCC1. The Morgan fingerprint density at radius 1 is 0.968 bits per heavy atom. The summed E-state index contributed by atoms with van der Waals surface area (Å²) in [4.78, 5) is 51.1. The van der Waals surface area contributed by atoms with Crippen molar-refractivity contribution in [1.29, 1.82) is 0 Å². The average Bonchev–Trinajstić information content (AvgIpc) is 3.31. The topological polar surface area (TPSA) is 104 Å². The maximum Gasteiger partial charge on any atom is 0.269 e. The molecular formula is C23H22N4O4. The molecule has 8 heteroatoms. The first-order chi connectivity index (χ1) is 14.9. The van der Waals surface area contributed by atoms with Gasteiger partial charge in [-0.05, 0) is 55.7 Å². The smallest absolute Gasteiger partial charge is 0.269 e. The molecule has 0 spiro atoms. The van der Waals surface area contributed by atoms with Gasteiger partial charge in [0, 0.05) is 42.0 Å². The second kappa shape index (κ2) is 8.43. The second-order valence-corrected chi connectivity index (χ2v) is 7.46. The zero-order valence-electron chi connectivity index (χ0n) is 17.1. The molecule has 0 radical (unpaired) electrons. The lowest BCUT2D eigenvalue weighted by molar-refractivity contribution is 0.0791. The van der Waals surface area contributed by atoms with E-state index in [2.05, 4.69) is 10.4 Å².